The normalized spacial score (nSPS) is 12.9. The van der Waals surface area contributed by atoms with E-state index >= 15 is 0 Å². The summed E-state index contributed by atoms with van der Waals surface area (Å²) in [5, 5.41) is 9.99. The average molecular weight is 219 g/mol. The predicted molar refractivity (Wildman–Crippen MR) is 60.4 cm³/mol. The number of ether oxygens (including phenoxy) is 1. The Morgan fingerprint density at radius 2 is 2.12 bits per heavy atom. The number of fused-ring (bicyclic) bond motifs is 1. The minimum absolute atomic E-state index is 0.700. The Morgan fingerprint density at radius 3 is 2.75 bits per heavy atom. The number of rotatable bonds is 3. The van der Waals surface area contributed by atoms with Crippen LogP contribution in [0.2, 0.25) is 0 Å². The van der Waals surface area contributed by atoms with E-state index in [-0.39, 0.29) is 0 Å². The summed E-state index contributed by atoms with van der Waals surface area (Å²) in [7, 11) is 1.40. The van der Waals surface area contributed by atoms with Crippen LogP contribution in [0, 0.1) is 6.92 Å². The molecule has 0 aliphatic heterocycles. The summed E-state index contributed by atoms with van der Waals surface area (Å²) in [5.41, 5.74) is 2.46. The Hall–Kier alpha value is -1.81. The van der Waals surface area contributed by atoms with E-state index < -0.39 is 12.1 Å². The minimum atomic E-state index is -0.977. The molecule has 2 rings (SSSR count). The third kappa shape index (κ3) is 1.57. The fourth-order valence-electron chi connectivity index (χ4n) is 1.98. The number of hydrogen-bond donors (Lipinski definition) is 2. The second kappa shape index (κ2) is 3.98. The van der Waals surface area contributed by atoms with Gasteiger partial charge in [0.1, 0.15) is 0 Å². The second-order valence-corrected chi connectivity index (χ2v) is 3.66. The summed E-state index contributed by atoms with van der Waals surface area (Å²) < 4.78 is 5.03. The van der Waals surface area contributed by atoms with Gasteiger partial charge in [-0.3, -0.25) is 0 Å². The van der Waals surface area contributed by atoms with Crippen LogP contribution in [0.1, 0.15) is 17.4 Å². The molecule has 1 aromatic heterocycles. The van der Waals surface area contributed by atoms with Crippen molar-refractivity contribution in [1.82, 2.24) is 4.98 Å². The average Bonchev–Trinajstić information content (AvgIpc) is 2.57. The van der Waals surface area contributed by atoms with E-state index in [2.05, 4.69) is 4.98 Å². The molecule has 1 unspecified atom stereocenters. The van der Waals surface area contributed by atoms with Gasteiger partial charge in [0.25, 0.3) is 0 Å². The van der Waals surface area contributed by atoms with Crippen LogP contribution in [-0.2, 0) is 9.53 Å². The second-order valence-electron chi connectivity index (χ2n) is 3.66. The van der Waals surface area contributed by atoms with Crippen LogP contribution in [0.25, 0.3) is 10.9 Å². The van der Waals surface area contributed by atoms with Gasteiger partial charge in [0.05, 0.1) is 0 Å². The van der Waals surface area contributed by atoms with E-state index in [0.29, 0.717) is 5.56 Å². The van der Waals surface area contributed by atoms with E-state index in [1.165, 1.54) is 7.11 Å². The smallest absolute Gasteiger partial charge is 0.337 e. The van der Waals surface area contributed by atoms with Crippen LogP contribution in [-0.4, -0.2) is 23.2 Å². The maximum atomic E-state index is 11.1. The molecule has 0 fully saturated rings. The molecule has 1 heterocycles. The number of H-pyrrole nitrogens is 1. The molecular formula is C12H13NO3. The Balaban J connectivity index is 2.66. The fraction of sp³-hybridized carbons (Fsp3) is 0.250. The Morgan fingerprint density at radius 1 is 1.44 bits per heavy atom. The lowest BCUT2D eigenvalue weighted by Gasteiger charge is -2.10. The van der Waals surface area contributed by atoms with Gasteiger partial charge in [0.2, 0.25) is 0 Å². The number of aliphatic carboxylic acids is 1. The van der Waals surface area contributed by atoms with Gasteiger partial charge in [-0.25, -0.2) is 4.79 Å². The lowest BCUT2D eigenvalue weighted by molar-refractivity contribution is -0.148. The molecule has 0 saturated heterocycles. The molecule has 2 N–H and O–H groups in total. The van der Waals surface area contributed by atoms with Crippen LogP contribution in [0.15, 0.2) is 24.3 Å². The Bertz CT molecular complexity index is 530. The van der Waals surface area contributed by atoms with Crippen LogP contribution < -0.4 is 0 Å². The molecule has 4 nitrogen and oxygen atoms in total. The van der Waals surface area contributed by atoms with Crippen LogP contribution >= 0.6 is 0 Å². The number of aromatic amines is 1. The third-order valence-electron chi connectivity index (χ3n) is 2.67. The molecule has 2 aromatic rings. The topological polar surface area (TPSA) is 62.3 Å². The molecule has 16 heavy (non-hydrogen) atoms. The maximum Gasteiger partial charge on any atom is 0.337 e. The van der Waals surface area contributed by atoms with Crippen molar-refractivity contribution in [3.05, 3.63) is 35.5 Å². The molecular weight excluding hydrogens is 206 g/mol. The van der Waals surface area contributed by atoms with Crippen molar-refractivity contribution < 1.29 is 14.6 Å². The molecule has 0 spiro atoms. The van der Waals surface area contributed by atoms with Crippen molar-refractivity contribution in [2.45, 2.75) is 13.0 Å². The number of aryl methyl sites for hydroxylation is 1. The third-order valence-corrected chi connectivity index (χ3v) is 2.67. The number of carboxylic acids is 1. The SMILES string of the molecule is COC(C(=O)O)c1c(C)[nH]c2ccccc12. The Labute approximate surface area is 92.9 Å². The van der Waals surface area contributed by atoms with Gasteiger partial charge in [-0.2, -0.15) is 0 Å². The monoisotopic (exact) mass is 219 g/mol. The lowest BCUT2D eigenvalue weighted by Crippen LogP contribution is -2.14. The summed E-state index contributed by atoms with van der Waals surface area (Å²) in [6.45, 7) is 1.85. The van der Waals surface area contributed by atoms with Crippen LogP contribution in [0.5, 0.6) is 0 Å². The maximum absolute atomic E-state index is 11.1. The van der Waals surface area contributed by atoms with Crippen LogP contribution in [0.3, 0.4) is 0 Å². The lowest BCUT2D eigenvalue weighted by atomic mass is 10.1. The molecule has 0 aliphatic rings. The standard InChI is InChI=1S/C12H13NO3/c1-7-10(11(16-2)12(14)15)8-5-3-4-6-9(8)13-7/h3-6,11,13H,1-2H3,(H,14,15). The molecule has 1 atom stereocenters. The first-order chi connectivity index (χ1) is 7.65. The fourth-order valence-corrected chi connectivity index (χ4v) is 1.98. The van der Waals surface area contributed by atoms with E-state index in [1.54, 1.807) is 0 Å². The highest BCUT2D eigenvalue weighted by atomic mass is 16.5. The van der Waals surface area contributed by atoms with Crippen molar-refractivity contribution in [2.24, 2.45) is 0 Å². The minimum Gasteiger partial charge on any atom is -0.479 e. The van der Waals surface area contributed by atoms with Gasteiger partial charge >= 0.3 is 5.97 Å². The van der Waals surface area contributed by atoms with Gasteiger partial charge < -0.3 is 14.8 Å². The van der Waals surface area contributed by atoms with E-state index in [9.17, 15) is 4.79 Å². The molecule has 84 valence electrons. The predicted octanol–water partition coefficient (Wildman–Crippen LogP) is 2.25. The van der Waals surface area contributed by atoms with Gasteiger partial charge in [-0.15, -0.1) is 0 Å². The largest absolute Gasteiger partial charge is 0.479 e. The first kappa shape index (κ1) is 10.7. The number of aromatic nitrogens is 1. The first-order valence-electron chi connectivity index (χ1n) is 4.98. The summed E-state index contributed by atoms with van der Waals surface area (Å²) >= 11 is 0. The molecule has 0 saturated carbocycles. The highest BCUT2D eigenvalue weighted by Crippen LogP contribution is 2.29. The van der Waals surface area contributed by atoms with E-state index in [4.69, 9.17) is 9.84 Å². The highest BCUT2D eigenvalue weighted by Gasteiger charge is 2.24. The van der Waals surface area contributed by atoms with Gasteiger partial charge in [-0.05, 0) is 13.0 Å². The van der Waals surface area contributed by atoms with Gasteiger partial charge in [0.15, 0.2) is 6.10 Å². The molecule has 0 amide bonds. The number of nitrogens with one attached hydrogen (secondary N) is 1. The quantitative estimate of drug-likeness (QED) is 0.832. The number of benzene rings is 1. The molecule has 0 radical (unpaired) electrons. The summed E-state index contributed by atoms with van der Waals surface area (Å²) in [6.07, 6.45) is -0.920. The van der Waals surface area contributed by atoms with Crippen molar-refractivity contribution in [3.63, 3.8) is 0 Å². The summed E-state index contributed by atoms with van der Waals surface area (Å²) in [6, 6.07) is 7.60. The number of carboxylic acid groups (broad SMARTS) is 1. The van der Waals surface area contributed by atoms with Crippen molar-refractivity contribution in [3.8, 4) is 0 Å². The zero-order chi connectivity index (χ0) is 11.7. The zero-order valence-corrected chi connectivity index (χ0v) is 9.15. The first-order valence-corrected chi connectivity index (χ1v) is 4.98. The molecule has 4 heteroatoms. The molecule has 0 aliphatic carbocycles. The highest BCUT2D eigenvalue weighted by molar-refractivity contribution is 5.89. The van der Waals surface area contributed by atoms with E-state index in [0.717, 1.165) is 16.6 Å². The number of para-hydroxylation sites is 1. The number of carbonyl (C=O) groups is 1. The Kier molecular flexibility index (Phi) is 2.66. The van der Waals surface area contributed by atoms with Crippen molar-refractivity contribution in [2.75, 3.05) is 7.11 Å². The van der Waals surface area contributed by atoms with Crippen molar-refractivity contribution in [1.29, 1.82) is 0 Å². The summed E-state index contributed by atoms with van der Waals surface area (Å²) in [5.74, 6) is -0.977. The van der Waals surface area contributed by atoms with Gasteiger partial charge in [0, 0.05) is 29.3 Å². The molecule has 0 bridgehead atoms. The summed E-state index contributed by atoms with van der Waals surface area (Å²) in [4.78, 5) is 14.2. The number of hydrogen-bond acceptors (Lipinski definition) is 2. The van der Waals surface area contributed by atoms with Gasteiger partial charge in [-0.1, -0.05) is 18.2 Å². The molecule has 1 aromatic carbocycles. The van der Waals surface area contributed by atoms with Crippen molar-refractivity contribution >= 4 is 16.9 Å². The van der Waals surface area contributed by atoms with E-state index in [1.807, 2.05) is 31.2 Å². The number of methoxy groups -OCH3 is 1. The zero-order valence-electron chi connectivity index (χ0n) is 9.15. The van der Waals surface area contributed by atoms with Crippen LogP contribution in [0.4, 0.5) is 0 Å².